The van der Waals surface area contributed by atoms with Gasteiger partial charge < -0.3 is 9.47 Å². The van der Waals surface area contributed by atoms with E-state index >= 15 is 0 Å². The van der Waals surface area contributed by atoms with Crippen LogP contribution < -0.4 is 4.74 Å². The minimum absolute atomic E-state index is 0.323. The van der Waals surface area contributed by atoms with Crippen molar-refractivity contribution >= 4 is 0 Å². The molecule has 0 N–H and O–H groups in total. The summed E-state index contributed by atoms with van der Waals surface area (Å²) >= 11 is 0. The van der Waals surface area contributed by atoms with Crippen LogP contribution in [0.5, 0.6) is 5.75 Å². The maximum Gasteiger partial charge on any atom is 0.119 e. The fraction of sp³-hybridized carbons (Fsp3) is 0.704. The van der Waals surface area contributed by atoms with E-state index in [4.69, 9.17) is 9.47 Å². The predicted octanol–water partition coefficient (Wildman–Crippen LogP) is 8.04. The highest BCUT2D eigenvalue weighted by Crippen LogP contribution is 2.18. The van der Waals surface area contributed by atoms with Gasteiger partial charge in [-0.15, -0.1) is 0 Å². The number of hydrogen-bond donors (Lipinski definition) is 0. The lowest BCUT2D eigenvalue weighted by atomic mass is 10.0. The Morgan fingerprint density at radius 3 is 2.14 bits per heavy atom. The molecule has 1 saturated heterocycles. The molecule has 1 aliphatic heterocycles. The standard InChI is InChI=1S/C27H44O2/c1-2-3-4-5-6-7-8-9-10-11-12-13-14-15-16-17-19-25-20-18-21-26(22-25)28-23-27-24-29-27/h14-15,18,20-22,27H,2-13,16-17,19,23-24H2,1H3/b15-14+. The Morgan fingerprint density at radius 2 is 1.48 bits per heavy atom. The van der Waals surface area contributed by atoms with Crippen LogP contribution in [0.1, 0.15) is 102 Å². The molecule has 1 atom stereocenters. The third-order valence-corrected chi connectivity index (χ3v) is 5.71. The molecule has 2 rings (SSSR count). The van der Waals surface area contributed by atoms with Crippen LogP contribution in [0.25, 0.3) is 0 Å². The second kappa shape index (κ2) is 16.5. The average Bonchev–Trinajstić information content (AvgIpc) is 3.57. The molecule has 0 spiro atoms. The Kier molecular flexibility index (Phi) is 13.7. The average molecular weight is 401 g/mol. The number of hydrogen-bond acceptors (Lipinski definition) is 2. The number of allylic oxidation sites excluding steroid dienone is 2. The molecule has 0 aromatic heterocycles. The van der Waals surface area contributed by atoms with Gasteiger partial charge in [0.2, 0.25) is 0 Å². The van der Waals surface area contributed by atoms with Crippen LogP contribution in [0.4, 0.5) is 0 Å². The monoisotopic (exact) mass is 400 g/mol. The first-order chi connectivity index (χ1) is 14.4. The SMILES string of the molecule is CCCCCCCCCCCCC/C=C/CCCc1cccc(OCC2CO2)c1. The maximum atomic E-state index is 5.76. The van der Waals surface area contributed by atoms with Gasteiger partial charge in [0, 0.05) is 0 Å². The molecule has 0 amide bonds. The molecule has 2 heteroatoms. The summed E-state index contributed by atoms with van der Waals surface area (Å²) in [6.45, 7) is 3.83. The third kappa shape index (κ3) is 13.5. The van der Waals surface area contributed by atoms with Crippen molar-refractivity contribution in [2.24, 2.45) is 0 Å². The summed E-state index contributed by atoms with van der Waals surface area (Å²) in [5, 5.41) is 0. The first-order valence-corrected chi connectivity index (χ1v) is 12.4. The van der Waals surface area contributed by atoms with Crippen molar-refractivity contribution in [3.05, 3.63) is 42.0 Å². The molecule has 2 nitrogen and oxygen atoms in total. The molecule has 1 fully saturated rings. The second-order valence-electron chi connectivity index (χ2n) is 8.60. The maximum absolute atomic E-state index is 5.76. The molecule has 0 radical (unpaired) electrons. The van der Waals surface area contributed by atoms with E-state index < -0.39 is 0 Å². The molecule has 1 heterocycles. The Hall–Kier alpha value is -1.28. The predicted molar refractivity (Wildman–Crippen MR) is 125 cm³/mol. The number of rotatable bonds is 19. The van der Waals surface area contributed by atoms with Crippen molar-refractivity contribution < 1.29 is 9.47 Å². The van der Waals surface area contributed by atoms with E-state index in [0.717, 1.165) is 18.8 Å². The van der Waals surface area contributed by atoms with Crippen LogP contribution in [0.15, 0.2) is 36.4 Å². The van der Waals surface area contributed by atoms with E-state index in [2.05, 4.69) is 37.3 Å². The topological polar surface area (TPSA) is 21.8 Å². The van der Waals surface area contributed by atoms with E-state index in [1.165, 1.54) is 95.5 Å². The molecule has 0 saturated carbocycles. The van der Waals surface area contributed by atoms with E-state index in [1.807, 2.05) is 6.07 Å². The number of epoxide rings is 1. The van der Waals surface area contributed by atoms with Crippen molar-refractivity contribution in [1.29, 1.82) is 0 Å². The minimum atomic E-state index is 0.323. The quantitative estimate of drug-likeness (QED) is 0.133. The summed E-state index contributed by atoms with van der Waals surface area (Å²) in [6.07, 6.45) is 25.5. The summed E-state index contributed by atoms with van der Waals surface area (Å²) in [6, 6.07) is 8.52. The molecular formula is C27H44O2. The normalized spacial score (nSPS) is 15.8. The number of unbranched alkanes of at least 4 members (excludes halogenated alkanes) is 12. The molecule has 1 aliphatic rings. The summed E-state index contributed by atoms with van der Waals surface area (Å²) in [5.41, 5.74) is 1.37. The first-order valence-electron chi connectivity index (χ1n) is 12.4. The van der Waals surface area contributed by atoms with E-state index in [-0.39, 0.29) is 0 Å². The second-order valence-corrected chi connectivity index (χ2v) is 8.60. The summed E-state index contributed by atoms with van der Waals surface area (Å²) in [7, 11) is 0. The molecule has 1 aromatic rings. The number of ether oxygens (including phenoxy) is 2. The lowest BCUT2D eigenvalue weighted by molar-refractivity contribution is 0.263. The fourth-order valence-corrected chi connectivity index (χ4v) is 3.73. The summed E-state index contributed by atoms with van der Waals surface area (Å²) in [4.78, 5) is 0. The number of aryl methyl sites for hydroxylation is 1. The van der Waals surface area contributed by atoms with Crippen molar-refractivity contribution in [3.8, 4) is 5.75 Å². The Morgan fingerprint density at radius 1 is 0.862 bits per heavy atom. The molecule has 1 unspecified atom stereocenters. The van der Waals surface area contributed by atoms with Gasteiger partial charge in [-0.1, -0.05) is 95.4 Å². The molecule has 0 aliphatic carbocycles. The summed E-state index contributed by atoms with van der Waals surface area (Å²) in [5.74, 6) is 0.977. The molecule has 0 bridgehead atoms. The van der Waals surface area contributed by atoms with E-state index in [1.54, 1.807) is 0 Å². The lowest BCUT2D eigenvalue weighted by Crippen LogP contribution is -2.04. The largest absolute Gasteiger partial charge is 0.491 e. The minimum Gasteiger partial charge on any atom is -0.491 e. The van der Waals surface area contributed by atoms with Crippen LogP contribution in [0.3, 0.4) is 0 Å². The van der Waals surface area contributed by atoms with Crippen LogP contribution >= 0.6 is 0 Å². The van der Waals surface area contributed by atoms with Gasteiger partial charge in [-0.3, -0.25) is 0 Å². The summed E-state index contributed by atoms with van der Waals surface area (Å²) < 4.78 is 11.0. The van der Waals surface area contributed by atoms with Crippen molar-refractivity contribution in [3.63, 3.8) is 0 Å². The van der Waals surface area contributed by atoms with Gasteiger partial charge in [-0.25, -0.2) is 0 Å². The van der Waals surface area contributed by atoms with Crippen molar-refractivity contribution in [2.45, 2.75) is 109 Å². The van der Waals surface area contributed by atoms with E-state index in [0.29, 0.717) is 12.7 Å². The van der Waals surface area contributed by atoms with Gasteiger partial charge in [-0.2, -0.15) is 0 Å². The van der Waals surface area contributed by atoms with Gasteiger partial charge in [0.05, 0.1) is 6.61 Å². The zero-order chi connectivity index (χ0) is 20.4. The highest BCUT2D eigenvalue weighted by molar-refractivity contribution is 5.28. The van der Waals surface area contributed by atoms with Crippen molar-refractivity contribution in [1.82, 2.24) is 0 Å². The Bertz CT molecular complexity index is 533. The van der Waals surface area contributed by atoms with Crippen LogP contribution in [0.2, 0.25) is 0 Å². The zero-order valence-corrected chi connectivity index (χ0v) is 18.9. The Labute approximate surface area is 180 Å². The van der Waals surface area contributed by atoms with Gasteiger partial charge >= 0.3 is 0 Å². The van der Waals surface area contributed by atoms with Gasteiger partial charge in [0.15, 0.2) is 0 Å². The highest BCUT2D eigenvalue weighted by Gasteiger charge is 2.22. The smallest absolute Gasteiger partial charge is 0.119 e. The Balaban J connectivity index is 1.36. The van der Waals surface area contributed by atoms with Crippen LogP contribution in [-0.4, -0.2) is 19.3 Å². The molecule has 29 heavy (non-hydrogen) atoms. The first kappa shape index (κ1) is 24.0. The zero-order valence-electron chi connectivity index (χ0n) is 18.9. The molecule has 1 aromatic carbocycles. The number of benzene rings is 1. The van der Waals surface area contributed by atoms with Gasteiger partial charge in [-0.05, 0) is 49.8 Å². The van der Waals surface area contributed by atoms with Gasteiger partial charge in [0.25, 0.3) is 0 Å². The van der Waals surface area contributed by atoms with Crippen LogP contribution in [-0.2, 0) is 11.2 Å². The van der Waals surface area contributed by atoms with Crippen molar-refractivity contribution in [2.75, 3.05) is 13.2 Å². The van der Waals surface area contributed by atoms with Gasteiger partial charge in [0.1, 0.15) is 18.5 Å². The molecule has 164 valence electrons. The molecular weight excluding hydrogens is 356 g/mol. The highest BCUT2D eigenvalue weighted by atomic mass is 16.6. The van der Waals surface area contributed by atoms with E-state index in [9.17, 15) is 0 Å². The third-order valence-electron chi connectivity index (χ3n) is 5.71. The fourth-order valence-electron chi connectivity index (χ4n) is 3.73. The van der Waals surface area contributed by atoms with Crippen LogP contribution in [0, 0.1) is 0 Å². The lowest BCUT2D eigenvalue weighted by Gasteiger charge is -2.06.